The summed E-state index contributed by atoms with van der Waals surface area (Å²) in [6, 6.07) is 0. The van der Waals surface area contributed by atoms with Gasteiger partial charge in [0.25, 0.3) is 0 Å². The minimum atomic E-state index is -1.18. The predicted molar refractivity (Wildman–Crippen MR) is 132 cm³/mol. The van der Waals surface area contributed by atoms with Crippen molar-refractivity contribution in [3.63, 3.8) is 0 Å². The van der Waals surface area contributed by atoms with Crippen LogP contribution in [0.1, 0.15) is 70.6 Å². The van der Waals surface area contributed by atoms with Gasteiger partial charge in [-0.15, -0.1) is 23.2 Å². The summed E-state index contributed by atoms with van der Waals surface area (Å²) in [5.74, 6) is -2.71. The first-order chi connectivity index (χ1) is 17.5. The lowest BCUT2D eigenvalue weighted by Crippen LogP contribution is -2.69. The fourth-order valence-electron chi connectivity index (χ4n) is 6.45. The molecular weight excluding hydrogens is 533 g/mol. The van der Waals surface area contributed by atoms with Gasteiger partial charge in [0.2, 0.25) is 11.8 Å². The first-order valence-electron chi connectivity index (χ1n) is 13.2. The Labute approximate surface area is 225 Å². The maximum Gasteiger partial charge on any atom is 0.308 e. The van der Waals surface area contributed by atoms with Crippen molar-refractivity contribution in [2.45, 2.75) is 117 Å². The maximum absolute atomic E-state index is 13.8. The molecule has 0 heterocycles. The third-order valence-electron chi connectivity index (χ3n) is 8.64. The topological polar surface area (TPSA) is 114 Å². The number of aliphatic carboxylic acids is 1. The Morgan fingerprint density at radius 3 is 1.76 bits per heavy atom. The minimum absolute atomic E-state index is 0.138. The fraction of sp³-hybridized carbons (Fsp3) is 0.880. The number of hydrogen-bond acceptors (Lipinski definition) is 5. The second-order valence-electron chi connectivity index (χ2n) is 11.2. The van der Waals surface area contributed by atoms with Crippen LogP contribution in [0, 0.1) is 5.92 Å². The Bertz CT molecular complexity index is 859. The standard InChI is InChI=1S/C25H36Cl2F2N2O6/c26-17-3-1-14(9-19(17)28)36-12-21(32)30-24-5-7-25(8-6-24,16(11-24)23(34)35)31-22(33)13-37-15-2-4-18(27)20(29)10-15/h14-20H,1-13H2,(H,30,32)(H,31,33)(H,34,35)/t14?,15?,16-,17?,18?,19?,20?,24?,25?/m1/s1. The van der Waals surface area contributed by atoms with Gasteiger partial charge in [0.05, 0.1) is 34.4 Å². The molecule has 0 aromatic heterocycles. The summed E-state index contributed by atoms with van der Waals surface area (Å²) in [6.07, 6.45) is 1.30. The quantitative estimate of drug-likeness (QED) is 0.367. The van der Waals surface area contributed by atoms with E-state index in [9.17, 15) is 28.3 Å². The summed E-state index contributed by atoms with van der Waals surface area (Å²) in [6.45, 7) is -0.503. The number of carbonyl (C=O) groups excluding carboxylic acids is 2. The molecule has 5 saturated carbocycles. The van der Waals surface area contributed by atoms with E-state index < -0.39 is 58.1 Å². The molecule has 5 fully saturated rings. The average Bonchev–Trinajstić information content (AvgIpc) is 2.86. The molecule has 8 nitrogen and oxygen atoms in total. The lowest BCUT2D eigenvalue weighted by Gasteiger charge is -2.56. The van der Waals surface area contributed by atoms with Crippen molar-refractivity contribution >= 4 is 41.0 Å². The molecule has 0 aliphatic heterocycles. The smallest absolute Gasteiger partial charge is 0.308 e. The second kappa shape index (κ2) is 11.9. The summed E-state index contributed by atoms with van der Waals surface area (Å²) in [4.78, 5) is 37.6. The van der Waals surface area contributed by atoms with Crippen LogP contribution in [0.3, 0.4) is 0 Å². The Hall–Kier alpha value is -1.23. The van der Waals surface area contributed by atoms with Gasteiger partial charge in [-0.3, -0.25) is 14.4 Å². The van der Waals surface area contributed by atoms with E-state index in [0.29, 0.717) is 51.4 Å². The lowest BCUT2D eigenvalue weighted by molar-refractivity contribution is -0.155. The average molecular weight is 569 g/mol. The van der Waals surface area contributed by atoms with Crippen LogP contribution in [0.4, 0.5) is 8.78 Å². The Balaban J connectivity index is 1.28. The largest absolute Gasteiger partial charge is 0.481 e. The van der Waals surface area contributed by atoms with E-state index in [1.165, 1.54) is 0 Å². The molecule has 210 valence electrons. The molecule has 0 aromatic rings. The van der Waals surface area contributed by atoms with Gasteiger partial charge in [0.15, 0.2) is 0 Å². The molecule has 0 saturated heterocycles. The van der Waals surface area contributed by atoms with E-state index in [2.05, 4.69) is 10.6 Å². The molecule has 7 atom stereocenters. The summed E-state index contributed by atoms with van der Waals surface area (Å²) in [5, 5.41) is 14.8. The molecule has 0 aromatic carbocycles. The van der Waals surface area contributed by atoms with Crippen LogP contribution >= 0.6 is 23.2 Å². The number of ether oxygens (including phenoxy) is 2. The zero-order chi connectivity index (χ0) is 26.8. The van der Waals surface area contributed by atoms with E-state index in [-0.39, 0.29) is 44.5 Å². The molecule has 3 N–H and O–H groups in total. The zero-order valence-electron chi connectivity index (χ0n) is 20.7. The van der Waals surface area contributed by atoms with Crippen molar-refractivity contribution in [3.05, 3.63) is 0 Å². The van der Waals surface area contributed by atoms with Crippen LogP contribution in [0.2, 0.25) is 0 Å². The third-order valence-corrected chi connectivity index (χ3v) is 9.63. The number of nitrogens with one attached hydrogen (secondary N) is 2. The molecular formula is C25H36Cl2F2N2O6. The van der Waals surface area contributed by atoms with Crippen molar-refractivity contribution in [2.24, 2.45) is 5.92 Å². The van der Waals surface area contributed by atoms with Gasteiger partial charge in [0.1, 0.15) is 25.6 Å². The minimum Gasteiger partial charge on any atom is -0.481 e. The predicted octanol–water partition coefficient (Wildman–Crippen LogP) is 3.40. The second-order valence-corrected chi connectivity index (χ2v) is 12.3. The van der Waals surface area contributed by atoms with E-state index in [1.807, 2.05) is 0 Å². The molecule has 2 bridgehead atoms. The Morgan fingerprint density at radius 1 is 0.811 bits per heavy atom. The van der Waals surface area contributed by atoms with Crippen molar-refractivity contribution in [1.82, 2.24) is 10.6 Å². The van der Waals surface area contributed by atoms with Crippen LogP contribution in [0.25, 0.3) is 0 Å². The number of alkyl halides is 4. The van der Waals surface area contributed by atoms with Gasteiger partial charge in [-0.2, -0.15) is 0 Å². The highest BCUT2D eigenvalue weighted by atomic mass is 35.5. The highest BCUT2D eigenvalue weighted by Crippen LogP contribution is 2.50. The molecule has 2 amide bonds. The molecule has 6 unspecified atom stereocenters. The number of hydrogen-bond donors (Lipinski definition) is 3. The zero-order valence-corrected chi connectivity index (χ0v) is 22.2. The van der Waals surface area contributed by atoms with Crippen LogP contribution in [-0.4, -0.2) is 82.5 Å². The van der Waals surface area contributed by atoms with Gasteiger partial charge in [0, 0.05) is 18.4 Å². The fourth-order valence-corrected chi connectivity index (χ4v) is 6.90. The summed E-state index contributed by atoms with van der Waals surface area (Å²) in [5.41, 5.74) is -1.62. The molecule has 5 aliphatic rings. The molecule has 5 rings (SSSR count). The number of halogens is 4. The third kappa shape index (κ3) is 6.86. The molecule has 37 heavy (non-hydrogen) atoms. The molecule has 5 aliphatic carbocycles. The van der Waals surface area contributed by atoms with Crippen LogP contribution in [0.15, 0.2) is 0 Å². The number of carboxylic acids is 1. The van der Waals surface area contributed by atoms with Gasteiger partial charge < -0.3 is 25.2 Å². The van der Waals surface area contributed by atoms with Gasteiger partial charge in [-0.1, -0.05) is 0 Å². The first-order valence-corrected chi connectivity index (χ1v) is 14.0. The SMILES string of the molecule is O=C(COC1CCC(Cl)C(F)C1)NC12CCC(NC(=O)COC3CCC(Cl)C(F)C3)(CC1)[C@@H](C(=O)O)C2. The van der Waals surface area contributed by atoms with Crippen molar-refractivity contribution in [3.8, 4) is 0 Å². The number of rotatable bonds is 9. The van der Waals surface area contributed by atoms with Crippen LogP contribution in [-0.2, 0) is 23.9 Å². The lowest BCUT2D eigenvalue weighted by atomic mass is 9.56. The number of carbonyl (C=O) groups is 3. The van der Waals surface area contributed by atoms with E-state index in [1.54, 1.807) is 0 Å². The van der Waals surface area contributed by atoms with E-state index in [0.717, 1.165) is 0 Å². The summed E-state index contributed by atoms with van der Waals surface area (Å²) >= 11 is 11.8. The monoisotopic (exact) mass is 568 g/mol. The van der Waals surface area contributed by atoms with Crippen molar-refractivity contribution in [2.75, 3.05) is 13.2 Å². The number of amides is 2. The normalized spacial score (nSPS) is 41.7. The van der Waals surface area contributed by atoms with Gasteiger partial charge in [-0.25, -0.2) is 8.78 Å². The first kappa shape index (κ1) is 28.8. The van der Waals surface area contributed by atoms with Crippen molar-refractivity contribution < 1.29 is 37.7 Å². The van der Waals surface area contributed by atoms with E-state index in [4.69, 9.17) is 32.7 Å². The highest BCUT2D eigenvalue weighted by molar-refractivity contribution is 6.21. The van der Waals surface area contributed by atoms with Crippen LogP contribution in [0.5, 0.6) is 0 Å². The van der Waals surface area contributed by atoms with Gasteiger partial charge in [-0.05, 0) is 57.8 Å². The Kier molecular flexibility index (Phi) is 9.24. The number of fused-ring (bicyclic) bond motifs is 3. The molecule has 0 radical (unpaired) electrons. The van der Waals surface area contributed by atoms with Gasteiger partial charge >= 0.3 is 5.97 Å². The summed E-state index contributed by atoms with van der Waals surface area (Å²) in [7, 11) is 0. The van der Waals surface area contributed by atoms with E-state index >= 15 is 0 Å². The van der Waals surface area contributed by atoms with Crippen LogP contribution < -0.4 is 10.6 Å². The summed E-state index contributed by atoms with van der Waals surface area (Å²) < 4.78 is 38.9. The Morgan fingerprint density at radius 2 is 1.30 bits per heavy atom. The van der Waals surface area contributed by atoms with Crippen molar-refractivity contribution in [1.29, 1.82) is 0 Å². The molecule has 12 heteroatoms. The molecule has 0 spiro atoms. The highest BCUT2D eigenvalue weighted by Gasteiger charge is 2.58. The maximum atomic E-state index is 13.8. The number of carboxylic acid groups (broad SMARTS) is 1.